The number of hydroxylamine groups is 2. The molecule has 0 bridgehead atoms. The quantitative estimate of drug-likeness (QED) is 0.618. The zero-order valence-electron chi connectivity index (χ0n) is 19.5. The second-order valence-corrected chi connectivity index (χ2v) is 9.55. The fourth-order valence-electron chi connectivity index (χ4n) is 5.19. The van der Waals surface area contributed by atoms with Crippen LogP contribution in [-0.2, 0) is 0 Å². The molecule has 2 aliphatic rings. The van der Waals surface area contributed by atoms with Crippen LogP contribution in [-0.4, -0.2) is 27.9 Å². The molecule has 4 heteroatoms. The first-order chi connectivity index (χ1) is 15.3. The number of aliphatic hydroxyl groups is 1. The predicted octanol–water partition coefficient (Wildman–Crippen LogP) is 5.21. The fraction of sp³-hybridized carbons (Fsp3) is 0.429. The summed E-state index contributed by atoms with van der Waals surface area (Å²) < 4.78 is 0. The molecule has 4 nitrogen and oxygen atoms in total. The van der Waals surface area contributed by atoms with Crippen LogP contribution in [0.25, 0.3) is 0 Å². The van der Waals surface area contributed by atoms with Crippen molar-refractivity contribution < 1.29 is 9.94 Å². The van der Waals surface area contributed by atoms with Gasteiger partial charge in [-0.25, -0.2) is 0 Å². The van der Waals surface area contributed by atoms with Gasteiger partial charge in [-0.1, -0.05) is 56.2 Å². The van der Waals surface area contributed by atoms with Crippen LogP contribution in [0.15, 0.2) is 66.0 Å². The summed E-state index contributed by atoms with van der Waals surface area (Å²) in [5.41, 5.74) is 2.87. The highest BCUT2D eigenvalue weighted by atomic mass is 16.7. The SMILES string of the molecule is C#Cc1cccc(ON2C(NC3CC(C)(O)C3)=C(CC)C(c3ccccc3)C(C)C2C)c1. The second kappa shape index (κ2) is 8.92. The van der Waals surface area contributed by atoms with Crippen LogP contribution >= 0.6 is 0 Å². The first-order valence-electron chi connectivity index (χ1n) is 11.6. The van der Waals surface area contributed by atoms with E-state index in [2.05, 4.69) is 62.3 Å². The molecule has 168 valence electrons. The van der Waals surface area contributed by atoms with E-state index in [9.17, 15) is 5.11 Å². The Morgan fingerprint density at radius 3 is 2.50 bits per heavy atom. The summed E-state index contributed by atoms with van der Waals surface area (Å²) in [6.45, 7) is 8.63. The molecule has 0 saturated heterocycles. The molecule has 0 aromatic heterocycles. The summed E-state index contributed by atoms with van der Waals surface area (Å²) in [5.74, 6) is 5.09. The van der Waals surface area contributed by atoms with Crippen molar-refractivity contribution in [3.63, 3.8) is 0 Å². The minimum absolute atomic E-state index is 0.132. The monoisotopic (exact) mass is 430 g/mol. The normalized spacial score (nSPS) is 29.8. The van der Waals surface area contributed by atoms with E-state index in [4.69, 9.17) is 11.3 Å². The Kier molecular flexibility index (Phi) is 6.22. The van der Waals surface area contributed by atoms with E-state index in [-0.39, 0.29) is 12.1 Å². The fourth-order valence-corrected chi connectivity index (χ4v) is 5.19. The van der Waals surface area contributed by atoms with Crippen LogP contribution in [0.3, 0.4) is 0 Å². The largest absolute Gasteiger partial charge is 0.390 e. The summed E-state index contributed by atoms with van der Waals surface area (Å²) in [4.78, 5) is 6.49. The van der Waals surface area contributed by atoms with Crippen LogP contribution in [0.2, 0.25) is 0 Å². The minimum atomic E-state index is -0.593. The summed E-state index contributed by atoms with van der Waals surface area (Å²) in [6.07, 6.45) is 7.98. The Labute approximate surface area is 192 Å². The lowest BCUT2D eigenvalue weighted by molar-refractivity contribution is -0.100. The lowest BCUT2D eigenvalue weighted by atomic mass is 9.73. The van der Waals surface area contributed by atoms with Gasteiger partial charge in [0.1, 0.15) is 5.82 Å². The van der Waals surface area contributed by atoms with Gasteiger partial charge in [0, 0.05) is 17.5 Å². The lowest BCUT2D eigenvalue weighted by Crippen LogP contribution is -2.57. The number of nitrogens with zero attached hydrogens (tertiary/aromatic N) is 1. The molecule has 0 spiro atoms. The Morgan fingerprint density at radius 2 is 1.88 bits per heavy atom. The standard InChI is InChI=1S/C28H34N2O2/c1-6-21-12-11-15-24(16-21)32-30-20(4)19(3)26(22-13-9-8-10-14-22)25(7-2)27(30)29-23-17-28(5,31)18-23/h1,8-16,19-20,23,26,29,31H,7,17-18H2,2-5H3. The summed E-state index contributed by atoms with van der Waals surface area (Å²) >= 11 is 0. The number of benzene rings is 2. The van der Waals surface area contributed by atoms with Crippen molar-refractivity contribution in [2.45, 2.75) is 70.6 Å². The predicted molar refractivity (Wildman–Crippen MR) is 129 cm³/mol. The maximum absolute atomic E-state index is 10.3. The summed E-state index contributed by atoms with van der Waals surface area (Å²) in [5, 5.41) is 16.1. The molecule has 1 aliphatic heterocycles. The van der Waals surface area contributed by atoms with Gasteiger partial charge in [-0.2, -0.15) is 5.06 Å². The van der Waals surface area contributed by atoms with Crippen molar-refractivity contribution in [2.75, 3.05) is 0 Å². The molecule has 0 radical (unpaired) electrons. The molecule has 3 atom stereocenters. The second-order valence-electron chi connectivity index (χ2n) is 9.55. The van der Waals surface area contributed by atoms with Crippen molar-refractivity contribution in [1.29, 1.82) is 0 Å². The average Bonchev–Trinajstić information content (AvgIpc) is 2.77. The van der Waals surface area contributed by atoms with Crippen LogP contribution in [0.1, 0.15) is 64.0 Å². The molecule has 32 heavy (non-hydrogen) atoms. The lowest BCUT2D eigenvalue weighted by Gasteiger charge is -2.49. The van der Waals surface area contributed by atoms with Crippen molar-refractivity contribution in [2.24, 2.45) is 5.92 Å². The van der Waals surface area contributed by atoms with Crippen LogP contribution in [0.5, 0.6) is 5.75 Å². The molecular formula is C28H34N2O2. The van der Waals surface area contributed by atoms with Crippen LogP contribution in [0.4, 0.5) is 0 Å². The number of allylic oxidation sites excluding steroid dienone is 1. The third kappa shape index (κ3) is 4.36. The van der Waals surface area contributed by atoms with Crippen molar-refractivity contribution in [1.82, 2.24) is 10.4 Å². The maximum atomic E-state index is 10.3. The molecule has 2 aromatic rings. The van der Waals surface area contributed by atoms with E-state index in [1.165, 1.54) is 11.1 Å². The summed E-state index contributed by atoms with van der Waals surface area (Å²) in [6, 6.07) is 18.8. The average molecular weight is 431 g/mol. The van der Waals surface area contributed by atoms with Gasteiger partial charge in [0.15, 0.2) is 5.75 Å². The van der Waals surface area contributed by atoms with Gasteiger partial charge in [-0.3, -0.25) is 0 Å². The third-order valence-electron chi connectivity index (χ3n) is 7.01. The third-order valence-corrected chi connectivity index (χ3v) is 7.01. The molecule has 3 unspecified atom stereocenters. The molecule has 2 N–H and O–H groups in total. The van der Waals surface area contributed by atoms with Gasteiger partial charge in [0.2, 0.25) is 0 Å². The Balaban J connectivity index is 1.75. The Morgan fingerprint density at radius 1 is 1.16 bits per heavy atom. The minimum Gasteiger partial charge on any atom is -0.390 e. The molecular weight excluding hydrogens is 396 g/mol. The van der Waals surface area contributed by atoms with Gasteiger partial charge >= 0.3 is 0 Å². The smallest absolute Gasteiger partial charge is 0.156 e. The van der Waals surface area contributed by atoms with Gasteiger partial charge in [0.05, 0.1) is 11.6 Å². The van der Waals surface area contributed by atoms with Crippen molar-refractivity contribution in [3.8, 4) is 18.1 Å². The molecule has 1 saturated carbocycles. The molecule has 4 rings (SSSR count). The molecule has 1 heterocycles. The van der Waals surface area contributed by atoms with E-state index in [0.717, 1.165) is 36.4 Å². The highest BCUT2D eigenvalue weighted by Gasteiger charge is 2.44. The molecule has 1 fully saturated rings. The number of terminal acetylenes is 1. The van der Waals surface area contributed by atoms with E-state index in [0.29, 0.717) is 11.8 Å². The first kappa shape index (κ1) is 22.3. The maximum Gasteiger partial charge on any atom is 0.156 e. The topological polar surface area (TPSA) is 44.7 Å². The van der Waals surface area contributed by atoms with E-state index < -0.39 is 5.60 Å². The Bertz CT molecular complexity index is 1010. The zero-order valence-corrected chi connectivity index (χ0v) is 19.5. The van der Waals surface area contributed by atoms with Crippen LogP contribution < -0.4 is 10.2 Å². The van der Waals surface area contributed by atoms with Gasteiger partial charge in [-0.05, 0) is 68.4 Å². The van der Waals surface area contributed by atoms with Gasteiger partial charge < -0.3 is 15.3 Å². The van der Waals surface area contributed by atoms with Crippen molar-refractivity contribution in [3.05, 3.63) is 77.1 Å². The van der Waals surface area contributed by atoms with Gasteiger partial charge in [0.25, 0.3) is 0 Å². The number of hydrogen-bond acceptors (Lipinski definition) is 4. The number of rotatable bonds is 6. The molecule has 2 aromatic carbocycles. The zero-order chi connectivity index (χ0) is 22.9. The molecule has 0 amide bonds. The van der Waals surface area contributed by atoms with E-state index in [1.54, 1.807) is 0 Å². The highest BCUT2D eigenvalue weighted by Crippen LogP contribution is 2.44. The van der Waals surface area contributed by atoms with E-state index in [1.807, 2.05) is 36.3 Å². The highest BCUT2D eigenvalue weighted by molar-refractivity contribution is 5.39. The number of nitrogens with one attached hydrogen (secondary N) is 1. The Hall–Kier alpha value is -2.90. The number of hydrogen-bond donors (Lipinski definition) is 2. The van der Waals surface area contributed by atoms with Crippen LogP contribution in [0, 0.1) is 18.3 Å². The summed E-state index contributed by atoms with van der Waals surface area (Å²) in [7, 11) is 0. The van der Waals surface area contributed by atoms with Crippen molar-refractivity contribution >= 4 is 0 Å². The first-order valence-corrected chi connectivity index (χ1v) is 11.6. The molecule has 1 aliphatic carbocycles. The van der Waals surface area contributed by atoms with Gasteiger partial charge in [-0.15, -0.1) is 6.42 Å². The van der Waals surface area contributed by atoms with E-state index >= 15 is 0 Å².